The molecule has 0 saturated carbocycles. The molecule has 4 aromatic heterocycles. The van der Waals surface area contributed by atoms with Crippen LogP contribution >= 0.6 is 0 Å². The molecular weight excluding hydrogens is 590 g/mol. The van der Waals surface area contributed by atoms with Crippen molar-refractivity contribution in [2.24, 2.45) is 0 Å². The van der Waals surface area contributed by atoms with E-state index in [2.05, 4.69) is 66.8 Å². The number of benzene rings is 3. The lowest BCUT2D eigenvalue weighted by Gasteiger charge is -2.17. The minimum Gasteiger partial charge on any atom is -0.465 e. The molecular formula is C36H37N9O2. The Bertz CT molecular complexity index is 2170. The highest BCUT2D eigenvalue weighted by Crippen LogP contribution is 2.31. The molecule has 0 radical (unpaired) electrons. The quantitative estimate of drug-likeness (QED) is 0.0877. The van der Waals surface area contributed by atoms with Gasteiger partial charge in [0, 0.05) is 41.3 Å². The minimum absolute atomic E-state index is 0.375. The molecule has 0 fully saturated rings. The maximum Gasteiger partial charge on any atom is 0.337 e. The molecule has 7 aromatic rings. The lowest BCUT2D eigenvalue weighted by Crippen LogP contribution is -2.24. The number of rotatable bonds is 13. The molecule has 7 rings (SSSR count). The van der Waals surface area contributed by atoms with Crippen LogP contribution in [0.1, 0.15) is 34.6 Å². The Hall–Kier alpha value is -5.55. The van der Waals surface area contributed by atoms with Crippen LogP contribution in [0.5, 0.6) is 0 Å². The first kappa shape index (κ1) is 30.1. The molecule has 0 aliphatic rings. The van der Waals surface area contributed by atoms with Crippen LogP contribution in [-0.2, 0) is 11.2 Å². The zero-order valence-electron chi connectivity index (χ0n) is 26.5. The normalized spacial score (nSPS) is 11.6. The molecule has 0 bridgehead atoms. The number of para-hydroxylation sites is 1. The molecule has 0 saturated heterocycles. The summed E-state index contributed by atoms with van der Waals surface area (Å²) in [6.45, 7) is 3.47. The fraction of sp³-hybridized carbons (Fsp3) is 0.250. The predicted molar refractivity (Wildman–Crippen MR) is 187 cm³/mol. The van der Waals surface area contributed by atoms with Crippen LogP contribution in [0.3, 0.4) is 0 Å². The molecule has 238 valence electrons. The lowest BCUT2D eigenvalue weighted by atomic mass is 10.1. The van der Waals surface area contributed by atoms with Crippen LogP contribution in [0.4, 0.5) is 11.6 Å². The van der Waals surface area contributed by atoms with Crippen molar-refractivity contribution >= 4 is 61.5 Å². The number of fused-ring (bicyclic) bond motifs is 6. The number of carbonyl (C=O) groups excluding carboxylic acids is 1. The molecule has 4 heterocycles. The first-order chi connectivity index (χ1) is 23.1. The molecule has 0 spiro atoms. The Labute approximate surface area is 271 Å². The monoisotopic (exact) mass is 627 g/mol. The number of methoxy groups -OCH3 is 1. The molecule has 0 aliphatic carbocycles. The second-order valence-corrected chi connectivity index (χ2v) is 11.7. The number of aromatic amines is 2. The van der Waals surface area contributed by atoms with Crippen molar-refractivity contribution < 1.29 is 9.53 Å². The van der Waals surface area contributed by atoms with Crippen LogP contribution in [-0.4, -0.2) is 81.1 Å². The number of hydrogen-bond donors (Lipinski definition) is 4. The molecule has 11 nitrogen and oxygen atoms in total. The van der Waals surface area contributed by atoms with Crippen LogP contribution in [0, 0.1) is 0 Å². The summed E-state index contributed by atoms with van der Waals surface area (Å²) in [5.41, 5.74) is 5.09. The number of hydrogen-bond acceptors (Lipinski definition) is 9. The molecule has 0 atom stereocenters. The summed E-state index contributed by atoms with van der Waals surface area (Å²) in [5, 5.41) is 11.2. The number of H-pyrrole nitrogens is 2. The van der Waals surface area contributed by atoms with Gasteiger partial charge < -0.3 is 30.2 Å². The zero-order valence-corrected chi connectivity index (χ0v) is 26.5. The molecule has 4 N–H and O–H groups in total. The Balaban J connectivity index is 0.982. The van der Waals surface area contributed by atoms with Crippen LogP contribution in [0.2, 0.25) is 0 Å². The number of ether oxygens (including phenoxy) is 1. The third-order valence-electron chi connectivity index (χ3n) is 8.44. The second kappa shape index (κ2) is 13.4. The van der Waals surface area contributed by atoms with Gasteiger partial charge in [-0.1, -0.05) is 54.6 Å². The van der Waals surface area contributed by atoms with E-state index in [1.165, 1.54) is 7.11 Å². The van der Waals surface area contributed by atoms with Gasteiger partial charge in [-0.05, 0) is 56.7 Å². The van der Waals surface area contributed by atoms with Crippen LogP contribution in [0.15, 0.2) is 79.1 Å². The summed E-state index contributed by atoms with van der Waals surface area (Å²) in [6.07, 6.45) is 4.15. The summed E-state index contributed by atoms with van der Waals surface area (Å²) in [5.74, 6) is 2.00. The third kappa shape index (κ3) is 6.43. The molecule has 47 heavy (non-hydrogen) atoms. The van der Waals surface area contributed by atoms with E-state index in [4.69, 9.17) is 14.7 Å². The van der Waals surface area contributed by atoms with Gasteiger partial charge in [-0.2, -0.15) is 0 Å². The van der Waals surface area contributed by atoms with E-state index in [9.17, 15) is 4.79 Å². The number of anilines is 2. The van der Waals surface area contributed by atoms with E-state index >= 15 is 0 Å². The lowest BCUT2D eigenvalue weighted by molar-refractivity contribution is 0.0601. The molecule has 3 aromatic carbocycles. The van der Waals surface area contributed by atoms with Crippen molar-refractivity contribution in [2.45, 2.75) is 19.3 Å². The fourth-order valence-electron chi connectivity index (χ4n) is 6.11. The number of carbonyl (C=O) groups is 1. The second-order valence-electron chi connectivity index (χ2n) is 11.7. The first-order valence-corrected chi connectivity index (χ1v) is 15.9. The summed E-state index contributed by atoms with van der Waals surface area (Å²) < 4.78 is 4.92. The van der Waals surface area contributed by atoms with E-state index in [0.29, 0.717) is 12.0 Å². The van der Waals surface area contributed by atoms with E-state index < -0.39 is 0 Å². The van der Waals surface area contributed by atoms with E-state index in [0.717, 1.165) is 106 Å². The smallest absolute Gasteiger partial charge is 0.337 e. The Morgan fingerprint density at radius 2 is 1.49 bits per heavy atom. The maximum absolute atomic E-state index is 12.2. The van der Waals surface area contributed by atoms with Gasteiger partial charge in [-0.25, -0.2) is 24.7 Å². The summed E-state index contributed by atoms with van der Waals surface area (Å²) in [4.78, 5) is 40.1. The van der Waals surface area contributed by atoms with Crippen molar-refractivity contribution in [1.82, 2.24) is 34.8 Å². The summed E-state index contributed by atoms with van der Waals surface area (Å²) >= 11 is 0. The highest BCUT2D eigenvalue weighted by atomic mass is 16.5. The average Bonchev–Trinajstić information content (AvgIpc) is 3.67. The molecule has 0 amide bonds. The van der Waals surface area contributed by atoms with Gasteiger partial charge in [0.2, 0.25) is 0 Å². The van der Waals surface area contributed by atoms with Crippen LogP contribution < -0.4 is 10.6 Å². The van der Waals surface area contributed by atoms with E-state index in [1.807, 2.05) is 36.4 Å². The van der Waals surface area contributed by atoms with Gasteiger partial charge in [-0.3, -0.25) is 0 Å². The van der Waals surface area contributed by atoms with Gasteiger partial charge in [0.05, 0.1) is 23.4 Å². The van der Waals surface area contributed by atoms with Gasteiger partial charge >= 0.3 is 5.97 Å². The van der Waals surface area contributed by atoms with Gasteiger partial charge in [-0.15, -0.1) is 0 Å². The molecule has 0 unspecified atom stereocenters. The highest BCUT2D eigenvalue weighted by molar-refractivity contribution is 6.12. The number of nitrogens with one attached hydrogen (secondary N) is 4. The fourth-order valence-corrected chi connectivity index (χ4v) is 6.11. The molecule has 0 aliphatic heterocycles. The SMILES string of the molecule is COC(=O)c1ccc2c(c1)[nH]c1nc(Cc3ccccc3)nc(NCCCN(C)CCCNc3ncnc4[nH]c5ccccc5c34)c12. The minimum atomic E-state index is -0.375. The van der Waals surface area contributed by atoms with E-state index in [-0.39, 0.29) is 5.97 Å². The van der Waals surface area contributed by atoms with Crippen molar-refractivity contribution in [3.05, 3.63) is 96.1 Å². The maximum atomic E-state index is 12.2. The van der Waals surface area contributed by atoms with Crippen molar-refractivity contribution in [2.75, 3.05) is 51.0 Å². The molecule has 11 heteroatoms. The van der Waals surface area contributed by atoms with Gasteiger partial charge in [0.15, 0.2) is 0 Å². The highest BCUT2D eigenvalue weighted by Gasteiger charge is 2.16. The van der Waals surface area contributed by atoms with Crippen molar-refractivity contribution in [1.29, 1.82) is 0 Å². The average molecular weight is 628 g/mol. The Morgan fingerprint density at radius 1 is 0.787 bits per heavy atom. The van der Waals surface area contributed by atoms with Crippen molar-refractivity contribution in [3.63, 3.8) is 0 Å². The van der Waals surface area contributed by atoms with Crippen LogP contribution in [0.25, 0.3) is 43.9 Å². The van der Waals surface area contributed by atoms with Crippen molar-refractivity contribution in [3.8, 4) is 0 Å². The number of aromatic nitrogens is 6. The van der Waals surface area contributed by atoms with Gasteiger partial charge in [0.25, 0.3) is 0 Å². The number of esters is 1. The zero-order chi connectivity index (χ0) is 32.2. The third-order valence-corrected chi connectivity index (χ3v) is 8.44. The Kier molecular flexibility index (Phi) is 8.61. The van der Waals surface area contributed by atoms with Gasteiger partial charge in [0.1, 0.15) is 35.1 Å². The largest absolute Gasteiger partial charge is 0.465 e. The topological polar surface area (TPSA) is 137 Å². The first-order valence-electron chi connectivity index (χ1n) is 15.9. The Morgan fingerprint density at radius 3 is 2.30 bits per heavy atom. The predicted octanol–water partition coefficient (Wildman–Crippen LogP) is 6.15. The summed E-state index contributed by atoms with van der Waals surface area (Å²) in [6, 6.07) is 23.9. The standard InChI is InChI=1S/C36H37N9O2/c1-45(18-8-16-37-32-30-25-12-6-7-13-27(25)41-34(30)40-22-39-32)19-9-17-38-33-31-26-15-14-24(36(46)47-2)21-28(26)42-35(31)44-29(43-33)20-23-10-4-3-5-11-23/h3-7,10-15,21-22H,8-9,16-20H2,1-2H3,(H2,37,39,40,41)(H2,38,42,43,44). The summed E-state index contributed by atoms with van der Waals surface area (Å²) in [7, 11) is 3.54. The number of nitrogens with zero attached hydrogens (tertiary/aromatic N) is 5. The van der Waals surface area contributed by atoms with E-state index in [1.54, 1.807) is 18.5 Å².